The zero-order valence-electron chi connectivity index (χ0n) is 8.62. The Morgan fingerprint density at radius 1 is 1.36 bits per heavy atom. The molecule has 1 N–H and O–H groups in total. The minimum Gasteiger partial charge on any atom is -0.481 e. The summed E-state index contributed by atoms with van der Waals surface area (Å²) in [5.41, 5.74) is 0. The van der Waals surface area contributed by atoms with Crippen LogP contribution < -0.4 is 0 Å². The van der Waals surface area contributed by atoms with Crippen molar-refractivity contribution in [2.75, 3.05) is 25.5 Å². The number of aliphatic carboxylic acids is 1. The number of rotatable bonds is 9. The van der Waals surface area contributed by atoms with Crippen LogP contribution in [0.1, 0.15) is 26.2 Å². The Balaban J connectivity index is 3.22. The molecule has 0 rings (SSSR count). The van der Waals surface area contributed by atoms with Crippen LogP contribution in [0.4, 0.5) is 0 Å². The molecule has 0 radical (unpaired) electrons. The molecule has 0 heterocycles. The average molecular weight is 222 g/mol. The van der Waals surface area contributed by atoms with E-state index in [4.69, 9.17) is 9.84 Å². The second kappa shape index (κ2) is 9.22. The van der Waals surface area contributed by atoms with Gasteiger partial charge in [0.25, 0.3) is 0 Å². The first-order valence-corrected chi connectivity index (χ1v) is 6.80. The molecule has 0 aliphatic rings. The monoisotopic (exact) mass is 222 g/mol. The lowest BCUT2D eigenvalue weighted by Gasteiger charge is -2.01. The Morgan fingerprint density at radius 3 is 2.64 bits per heavy atom. The van der Waals surface area contributed by atoms with Gasteiger partial charge in [-0.2, -0.15) is 0 Å². The molecule has 1 unspecified atom stereocenters. The molecular weight excluding hydrogens is 203 g/mol. The average Bonchev–Trinajstić information content (AvgIpc) is 2.13. The van der Waals surface area contributed by atoms with E-state index in [1.807, 2.05) is 6.92 Å². The third-order valence-corrected chi connectivity index (χ3v) is 3.50. The summed E-state index contributed by atoms with van der Waals surface area (Å²) in [6.45, 7) is 3.13. The third kappa shape index (κ3) is 9.75. The Bertz CT molecular complexity index is 182. The Hall–Kier alpha value is -0.340. The molecule has 5 heteroatoms. The number of ether oxygens (including phenoxy) is 1. The van der Waals surface area contributed by atoms with Gasteiger partial charge in [-0.15, -0.1) is 0 Å². The minimum atomic E-state index is -1.53. The van der Waals surface area contributed by atoms with E-state index in [1.54, 1.807) is 0 Å². The van der Waals surface area contributed by atoms with Crippen LogP contribution in [0.5, 0.6) is 0 Å². The lowest BCUT2D eigenvalue weighted by molar-refractivity contribution is -0.137. The molecule has 84 valence electrons. The molecule has 0 fully saturated rings. The zero-order valence-corrected chi connectivity index (χ0v) is 9.62. The molecular formula is C9H19O4P. The normalized spacial score (nSPS) is 12.6. The van der Waals surface area contributed by atoms with Crippen LogP contribution in [0.25, 0.3) is 0 Å². The summed E-state index contributed by atoms with van der Waals surface area (Å²) in [6.07, 6.45) is 2.84. The fraction of sp³-hybridized carbons (Fsp3) is 0.889. The maximum Gasteiger partial charge on any atom is 0.303 e. The predicted molar refractivity (Wildman–Crippen MR) is 56.7 cm³/mol. The smallest absolute Gasteiger partial charge is 0.303 e. The summed E-state index contributed by atoms with van der Waals surface area (Å²) in [5.74, 6) is -0.779. The van der Waals surface area contributed by atoms with E-state index in [2.05, 4.69) is 0 Å². The Morgan fingerprint density at radius 2 is 2.07 bits per heavy atom. The van der Waals surface area contributed by atoms with Crippen molar-refractivity contribution >= 4 is 13.8 Å². The first-order chi connectivity index (χ1) is 6.66. The summed E-state index contributed by atoms with van der Waals surface area (Å²) in [7, 11) is -1.53. The molecule has 0 aliphatic carbocycles. The summed E-state index contributed by atoms with van der Waals surface area (Å²) in [4.78, 5) is 10.2. The number of hydrogen-bond donors (Lipinski definition) is 1. The largest absolute Gasteiger partial charge is 0.481 e. The van der Waals surface area contributed by atoms with Crippen LogP contribution in [0.2, 0.25) is 0 Å². The van der Waals surface area contributed by atoms with Crippen molar-refractivity contribution in [2.45, 2.75) is 26.2 Å². The Labute approximate surface area is 85.4 Å². The lowest BCUT2D eigenvalue weighted by Crippen LogP contribution is -1.98. The molecule has 0 aromatic rings. The number of carbonyl (C=O) groups is 1. The van der Waals surface area contributed by atoms with Crippen molar-refractivity contribution < 1.29 is 19.2 Å². The fourth-order valence-electron chi connectivity index (χ4n) is 1.05. The number of unbranched alkanes of at least 4 members (excludes halogenated alkanes) is 1. The van der Waals surface area contributed by atoms with Gasteiger partial charge in [0.05, 0.1) is 14.4 Å². The zero-order chi connectivity index (χ0) is 10.8. The maximum atomic E-state index is 11.3. The molecule has 1 atom stereocenters. The van der Waals surface area contributed by atoms with Gasteiger partial charge in [-0.3, -0.25) is 4.79 Å². The van der Waals surface area contributed by atoms with Crippen LogP contribution in [0, 0.1) is 0 Å². The van der Waals surface area contributed by atoms with Crippen molar-refractivity contribution in [1.82, 2.24) is 0 Å². The standard InChI is InChI=1S/C9H19O4P/c1-2-13-6-8-14(12)7-4-3-5-9(10)11/h14H,2-8H2,1H3,(H,10,11). The van der Waals surface area contributed by atoms with Gasteiger partial charge < -0.3 is 14.4 Å². The molecule has 0 saturated carbocycles. The fourth-order valence-corrected chi connectivity index (χ4v) is 2.32. The van der Waals surface area contributed by atoms with Gasteiger partial charge in [-0.05, 0) is 25.9 Å². The molecule has 0 saturated heterocycles. The number of carboxylic acid groups (broad SMARTS) is 1. The summed E-state index contributed by atoms with van der Waals surface area (Å²) in [5, 5.41) is 8.36. The molecule has 0 spiro atoms. The van der Waals surface area contributed by atoms with Gasteiger partial charge in [-0.1, -0.05) is 0 Å². The highest BCUT2D eigenvalue weighted by atomic mass is 31.1. The molecule has 0 aromatic carbocycles. The van der Waals surface area contributed by atoms with Crippen LogP contribution in [-0.4, -0.2) is 36.6 Å². The predicted octanol–water partition coefficient (Wildman–Crippen LogP) is 1.84. The van der Waals surface area contributed by atoms with Gasteiger partial charge in [0, 0.05) is 19.2 Å². The third-order valence-electron chi connectivity index (χ3n) is 1.83. The highest BCUT2D eigenvalue weighted by Gasteiger charge is 2.01. The van der Waals surface area contributed by atoms with E-state index in [0.717, 1.165) is 6.42 Å². The second-order valence-corrected chi connectivity index (χ2v) is 5.16. The summed E-state index contributed by atoms with van der Waals surface area (Å²) in [6, 6.07) is 0. The van der Waals surface area contributed by atoms with Crippen molar-refractivity contribution in [2.24, 2.45) is 0 Å². The van der Waals surface area contributed by atoms with Gasteiger partial charge in [-0.25, -0.2) is 0 Å². The molecule has 0 bridgehead atoms. The SMILES string of the molecule is CCOCC[PH](=O)CCCCC(=O)O. The highest BCUT2D eigenvalue weighted by Crippen LogP contribution is 2.21. The molecule has 0 aromatic heterocycles. The van der Waals surface area contributed by atoms with E-state index in [-0.39, 0.29) is 6.42 Å². The van der Waals surface area contributed by atoms with Crippen LogP contribution in [-0.2, 0) is 14.1 Å². The quantitative estimate of drug-likeness (QED) is 0.477. The Kier molecular flexibility index (Phi) is 9.00. The van der Waals surface area contributed by atoms with Crippen LogP contribution in [0.3, 0.4) is 0 Å². The van der Waals surface area contributed by atoms with Crippen molar-refractivity contribution in [3.05, 3.63) is 0 Å². The number of carboxylic acids is 1. The van der Waals surface area contributed by atoms with Crippen molar-refractivity contribution in [3.63, 3.8) is 0 Å². The second-order valence-electron chi connectivity index (χ2n) is 3.09. The lowest BCUT2D eigenvalue weighted by atomic mass is 10.2. The van der Waals surface area contributed by atoms with Crippen molar-refractivity contribution in [3.8, 4) is 0 Å². The van der Waals surface area contributed by atoms with Gasteiger partial charge in [0.2, 0.25) is 0 Å². The van der Waals surface area contributed by atoms with Gasteiger partial charge in [0.15, 0.2) is 0 Å². The maximum absolute atomic E-state index is 11.3. The molecule has 0 amide bonds. The van der Waals surface area contributed by atoms with E-state index >= 15 is 0 Å². The number of hydrogen-bond acceptors (Lipinski definition) is 3. The molecule has 14 heavy (non-hydrogen) atoms. The van der Waals surface area contributed by atoms with Crippen LogP contribution >= 0.6 is 7.80 Å². The topological polar surface area (TPSA) is 63.6 Å². The first-order valence-electron chi connectivity index (χ1n) is 4.98. The van der Waals surface area contributed by atoms with E-state index in [1.165, 1.54) is 0 Å². The minimum absolute atomic E-state index is 0.181. The van der Waals surface area contributed by atoms with Crippen molar-refractivity contribution in [1.29, 1.82) is 0 Å². The van der Waals surface area contributed by atoms with Crippen LogP contribution in [0.15, 0.2) is 0 Å². The van der Waals surface area contributed by atoms with Gasteiger partial charge in [0.1, 0.15) is 0 Å². The summed E-state index contributed by atoms with van der Waals surface area (Å²) >= 11 is 0. The molecule has 0 aliphatic heterocycles. The van der Waals surface area contributed by atoms with E-state index < -0.39 is 13.8 Å². The summed E-state index contributed by atoms with van der Waals surface area (Å²) < 4.78 is 16.4. The van der Waals surface area contributed by atoms with E-state index in [0.29, 0.717) is 32.0 Å². The highest BCUT2D eigenvalue weighted by molar-refractivity contribution is 7.44. The first kappa shape index (κ1) is 13.7. The van der Waals surface area contributed by atoms with Gasteiger partial charge >= 0.3 is 5.97 Å². The molecule has 4 nitrogen and oxygen atoms in total. The van der Waals surface area contributed by atoms with E-state index in [9.17, 15) is 9.36 Å².